The summed E-state index contributed by atoms with van der Waals surface area (Å²) in [5.74, 6) is -0.712. The predicted octanol–water partition coefficient (Wildman–Crippen LogP) is 1.41. The molecule has 1 heterocycles. The molecule has 0 atom stereocenters. The van der Waals surface area contributed by atoms with Crippen LogP contribution in [0.1, 0.15) is 28.4 Å². The number of thioether (sulfide) groups is 1. The molecule has 0 radical (unpaired) electrons. The van der Waals surface area contributed by atoms with Crippen molar-refractivity contribution < 1.29 is 29.2 Å². The fraction of sp³-hybridized carbons (Fsp3) is 0.261. The van der Waals surface area contributed by atoms with Crippen molar-refractivity contribution in [3.63, 3.8) is 0 Å². The number of imide groups is 1. The average Bonchev–Trinajstić information content (AvgIpc) is 3.08. The first kappa shape index (κ1) is 24.7. The van der Waals surface area contributed by atoms with E-state index in [9.17, 15) is 24.4 Å². The van der Waals surface area contributed by atoms with Crippen LogP contribution in [-0.2, 0) is 16.0 Å². The fourth-order valence-electron chi connectivity index (χ4n) is 3.13. The number of nitrogens with zero attached hydrogens (tertiary/aromatic N) is 1. The van der Waals surface area contributed by atoms with Crippen molar-refractivity contribution >= 4 is 47.5 Å². The van der Waals surface area contributed by atoms with Crippen LogP contribution in [0.3, 0.4) is 0 Å². The number of amides is 3. The monoisotopic (exact) mass is 468 g/mol. The molecular weight excluding hydrogens is 443 g/mol. The van der Waals surface area contributed by atoms with Crippen molar-refractivity contribution in [2.75, 3.05) is 26.3 Å². The molecule has 3 N–H and O–H groups in total. The summed E-state index contributed by atoms with van der Waals surface area (Å²) in [6.07, 6.45) is 2.65. The van der Waals surface area contributed by atoms with Gasteiger partial charge in [-0.1, -0.05) is 43.3 Å². The maximum absolute atomic E-state index is 12.6. The Morgan fingerprint density at radius 2 is 1.91 bits per heavy atom. The van der Waals surface area contributed by atoms with Crippen molar-refractivity contribution in [2.24, 2.45) is 0 Å². The number of rotatable bonds is 10. The summed E-state index contributed by atoms with van der Waals surface area (Å²) in [6.45, 7) is 2.77. The van der Waals surface area contributed by atoms with Crippen molar-refractivity contribution in [1.29, 1.82) is 0 Å². The molecule has 1 aliphatic rings. The van der Waals surface area contributed by atoms with Crippen molar-refractivity contribution in [1.82, 2.24) is 10.2 Å². The average molecular weight is 468 g/mol. The lowest BCUT2D eigenvalue weighted by Gasteiger charge is -2.13. The molecule has 1 saturated heterocycles. The van der Waals surface area contributed by atoms with E-state index in [1.165, 1.54) is 17.7 Å². The van der Waals surface area contributed by atoms with E-state index in [-0.39, 0.29) is 48.8 Å². The maximum Gasteiger partial charge on any atom is 0.488 e. The Morgan fingerprint density at radius 1 is 1.15 bits per heavy atom. The molecule has 172 valence electrons. The molecule has 1 fully saturated rings. The molecule has 8 nitrogen and oxygen atoms in total. The number of hydrogen-bond acceptors (Lipinski definition) is 7. The van der Waals surface area contributed by atoms with Crippen LogP contribution in [-0.4, -0.2) is 65.4 Å². The van der Waals surface area contributed by atoms with Gasteiger partial charge in [0.25, 0.3) is 17.1 Å². The van der Waals surface area contributed by atoms with Gasteiger partial charge in [0.2, 0.25) is 0 Å². The van der Waals surface area contributed by atoms with E-state index in [1.54, 1.807) is 18.2 Å². The minimum atomic E-state index is -1.65. The van der Waals surface area contributed by atoms with Crippen LogP contribution < -0.4 is 10.8 Å². The number of carbonyl (C=O) groups is 3. The van der Waals surface area contributed by atoms with Gasteiger partial charge in [0.1, 0.15) is 0 Å². The molecule has 0 aliphatic carbocycles. The second-order valence-corrected chi connectivity index (χ2v) is 8.29. The van der Waals surface area contributed by atoms with Crippen LogP contribution in [0.15, 0.2) is 53.4 Å². The summed E-state index contributed by atoms with van der Waals surface area (Å²) in [5, 5.41) is 20.7. The molecule has 0 spiro atoms. The first-order valence-electron chi connectivity index (χ1n) is 10.6. The third-order valence-corrected chi connectivity index (χ3v) is 5.90. The molecule has 33 heavy (non-hydrogen) atoms. The van der Waals surface area contributed by atoms with Crippen LogP contribution in [0, 0.1) is 0 Å². The van der Waals surface area contributed by atoms with Crippen molar-refractivity contribution in [3.8, 4) is 0 Å². The molecule has 0 saturated carbocycles. The van der Waals surface area contributed by atoms with Gasteiger partial charge in [-0.25, -0.2) is 0 Å². The van der Waals surface area contributed by atoms with Gasteiger partial charge < -0.3 is 20.1 Å². The first-order valence-corrected chi connectivity index (χ1v) is 11.4. The van der Waals surface area contributed by atoms with Crippen LogP contribution >= 0.6 is 11.8 Å². The Labute approximate surface area is 196 Å². The molecule has 0 aromatic heterocycles. The summed E-state index contributed by atoms with van der Waals surface area (Å²) in [7, 11) is -1.65. The van der Waals surface area contributed by atoms with Gasteiger partial charge in [0, 0.05) is 12.1 Å². The molecule has 0 unspecified atom stereocenters. The Bertz CT molecular complexity index is 1040. The van der Waals surface area contributed by atoms with E-state index in [1.807, 2.05) is 24.3 Å². The lowest BCUT2D eigenvalue weighted by molar-refractivity contribution is -0.123. The molecule has 2 aromatic rings. The fourth-order valence-corrected chi connectivity index (χ4v) is 4.00. The third-order valence-electron chi connectivity index (χ3n) is 5.00. The number of benzene rings is 2. The normalized spacial score (nSPS) is 14.8. The van der Waals surface area contributed by atoms with Crippen molar-refractivity contribution in [3.05, 3.63) is 70.1 Å². The zero-order chi connectivity index (χ0) is 23.8. The zero-order valence-corrected chi connectivity index (χ0v) is 19.0. The lowest BCUT2D eigenvalue weighted by Crippen LogP contribution is -2.33. The van der Waals surface area contributed by atoms with Crippen LogP contribution in [0.4, 0.5) is 4.79 Å². The van der Waals surface area contributed by atoms with Gasteiger partial charge in [-0.3, -0.25) is 19.3 Å². The predicted molar refractivity (Wildman–Crippen MR) is 128 cm³/mol. The summed E-state index contributed by atoms with van der Waals surface area (Å²) in [6, 6.07) is 13.9. The van der Waals surface area contributed by atoms with E-state index in [0.29, 0.717) is 10.5 Å². The van der Waals surface area contributed by atoms with Crippen LogP contribution in [0.25, 0.3) is 6.08 Å². The summed E-state index contributed by atoms with van der Waals surface area (Å²) >= 11 is 0.910. The lowest BCUT2D eigenvalue weighted by atomic mass is 9.79. The Kier molecular flexibility index (Phi) is 8.84. The SMILES string of the molecule is CCc1ccc(C=C2SC(=O)N(CCOCCNC(=O)c3cccc(B(O)O)c3)C2=O)cc1. The highest BCUT2D eigenvalue weighted by molar-refractivity contribution is 8.18. The van der Waals surface area contributed by atoms with Gasteiger partial charge in [0.15, 0.2) is 0 Å². The quantitative estimate of drug-likeness (QED) is 0.274. The molecule has 1 aliphatic heterocycles. The van der Waals surface area contributed by atoms with Gasteiger partial charge in [-0.05, 0) is 53.0 Å². The number of aryl methyl sites for hydroxylation is 1. The largest absolute Gasteiger partial charge is 0.488 e. The van der Waals surface area contributed by atoms with E-state index >= 15 is 0 Å². The van der Waals surface area contributed by atoms with Gasteiger partial charge in [0.05, 0.1) is 24.7 Å². The summed E-state index contributed by atoms with van der Waals surface area (Å²) < 4.78 is 5.45. The molecule has 2 aromatic carbocycles. The molecule has 10 heteroatoms. The molecule has 3 amide bonds. The van der Waals surface area contributed by atoms with E-state index in [0.717, 1.165) is 28.6 Å². The minimum Gasteiger partial charge on any atom is -0.423 e. The third kappa shape index (κ3) is 6.78. The Morgan fingerprint density at radius 3 is 2.61 bits per heavy atom. The second-order valence-electron chi connectivity index (χ2n) is 7.30. The summed E-state index contributed by atoms with van der Waals surface area (Å²) in [5.41, 5.74) is 2.59. The highest BCUT2D eigenvalue weighted by atomic mass is 32.2. The van der Waals surface area contributed by atoms with Gasteiger partial charge in [-0.2, -0.15) is 0 Å². The maximum atomic E-state index is 12.6. The number of nitrogens with one attached hydrogen (secondary N) is 1. The standard InChI is InChI=1S/C23H25BN2O6S/c1-2-16-6-8-17(9-7-16)14-20-22(28)26(23(29)33-20)11-13-32-12-10-25-21(27)18-4-3-5-19(15-18)24(30)31/h3-9,14-15,30-31H,2,10-13H2,1H3,(H,25,27). The van der Waals surface area contributed by atoms with Gasteiger partial charge in [-0.15, -0.1) is 0 Å². The highest BCUT2D eigenvalue weighted by Crippen LogP contribution is 2.32. The van der Waals surface area contributed by atoms with E-state index in [2.05, 4.69) is 12.2 Å². The van der Waals surface area contributed by atoms with Crippen molar-refractivity contribution in [2.45, 2.75) is 13.3 Å². The number of hydrogen-bond donors (Lipinski definition) is 3. The Balaban J connectivity index is 1.41. The number of ether oxygens (including phenoxy) is 1. The molecular formula is C23H25BN2O6S. The zero-order valence-electron chi connectivity index (χ0n) is 18.2. The topological polar surface area (TPSA) is 116 Å². The second kappa shape index (κ2) is 11.8. The molecule has 3 rings (SSSR count). The van der Waals surface area contributed by atoms with E-state index in [4.69, 9.17) is 4.74 Å². The van der Waals surface area contributed by atoms with Crippen LogP contribution in [0.5, 0.6) is 0 Å². The Hall–Kier alpha value is -2.92. The number of carbonyl (C=O) groups excluding carboxylic acids is 3. The summed E-state index contributed by atoms with van der Waals surface area (Å²) in [4.78, 5) is 38.4. The van der Waals surface area contributed by atoms with Crippen LogP contribution in [0.2, 0.25) is 0 Å². The highest BCUT2D eigenvalue weighted by Gasteiger charge is 2.34. The minimum absolute atomic E-state index is 0.126. The van der Waals surface area contributed by atoms with Gasteiger partial charge >= 0.3 is 7.12 Å². The first-order chi connectivity index (χ1) is 15.9. The van der Waals surface area contributed by atoms with E-state index < -0.39 is 7.12 Å². The molecule has 0 bridgehead atoms. The smallest absolute Gasteiger partial charge is 0.423 e.